The van der Waals surface area contributed by atoms with E-state index in [1.807, 2.05) is 25.2 Å². The van der Waals surface area contributed by atoms with Crippen molar-refractivity contribution in [3.63, 3.8) is 0 Å². The molecule has 2 aromatic rings. The molecule has 110 valence electrons. The lowest BCUT2D eigenvalue weighted by molar-refractivity contribution is 0.282. The number of ether oxygens (including phenoxy) is 2. The summed E-state index contributed by atoms with van der Waals surface area (Å²) in [5.41, 5.74) is 1.17. The molecular formula is C15H17N3O3. The van der Waals surface area contributed by atoms with Crippen molar-refractivity contribution in [1.29, 1.82) is 0 Å². The fraction of sp³-hybridized carbons (Fsp3) is 0.467. The number of fused-ring (bicyclic) bond motifs is 1. The van der Waals surface area contributed by atoms with Gasteiger partial charge in [-0.1, -0.05) is 5.16 Å². The summed E-state index contributed by atoms with van der Waals surface area (Å²) in [5.74, 6) is 3.43. The topological polar surface area (TPSA) is 69.4 Å². The molecule has 6 nitrogen and oxygen atoms in total. The third-order valence-electron chi connectivity index (χ3n) is 3.89. The Balaban J connectivity index is 1.42. The zero-order chi connectivity index (χ0) is 14.2. The summed E-state index contributed by atoms with van der Waals surface area (Å²) in [6, 6.07) is 6.14. The van der Waals surface area contributed by atoms with Crippen LogP contribution in [0.15, 0.2) is 22.7 Å². The van der Waals surface area contributed by atoms with Crippen molar-refractivity contribution in [2.75, 3.05) is 13.7 Å². The van der Waals surface area contributed by atoms with Gasteiger partial charge in [-0.3, -0.25) is 0 Å². The monoisotopic (exact) mass is 287 g/mol. The first-order valence-electron chi connectivity index (χ1n) is 7.23. The van der Waals surface area contributed by atoms with Crippen LogP contribution < -0.4 is 14.8 Å². The molecule has 21 heavy (non-hydrogen) atoms. The van der Waals surface area contributed by atoms with Gasteiger partial charge < -0.3 is 19.3 Å². The molecule has 1 aromatic carbocycles. The van der Waals surface area contributed by atoms with Crippen LogP contribution in [0.4, 0.5) is 0 Å². The van der Waals surface area contributed by atoms with Crippen LogP contribution in [-0.2, 0) is 6.61 Å². The standard InChI is InChI=1S/C15H17N3O3/c1-16-12-7-20-13-6-10(4-5-11(12)13)19-8-14-17-15(21-18-14)9-2-3-9/h4-6,9,12,16H,2-3,7-8H2,1H3. The molecule has 1 aliphatic carbocycles. The lowest BCUT2D eigenvalue weighted by Gasteiger charge is -2.07. The number of nitrogens with one attached hydrogen (secondary N) is 1. The highest BCUT2D eigenvalue weighted by Gasteiger charge is 2.29. The SMILES string of the molecule is CNC1COc2cc(OCc3noc(C4CC4)n3)ccc21. The second kappa shape index (κ2) is 5.04. The minimum atomic E-state index is 0.257. The Bertz CT molecular complexity index is 651. The Morgan fingerprint density at radius 2 is 2.29 bits per heavy atom. The molecule has 0 saturated heterocycles. The molecule has 1 fully saturated rings. The molecule has 0 radical (unpaired) electrons. The average Bonchev–Trinajstić information content (AvgIpc) is 3.12. The molecule has 1 N–H and O–H groups in total. The first kappa shape index (κ1) is 12.6. The first-order valence-corrected chi connectivity index (χ1v) is 7.23. The van der Waals surface area contributed by atoms with E-state index in [1.54, 1.807) is 0 Å². The van der Waals surface area contributed by atoms with E-state index in [9.17, 15) is 0 Å². The lowest BCUT2D eigenvalue weighted by Crippen LogP contribution is -2.17. The normalized spacial score (nSPS) is 20.1. The zero-order valence-corrected chi connectivity index (χ0v) is 11.8. The Morgan fingerprint density at radius 1 is 1.38 bits per heavy atom. The van der Waals surface area contributed by atoms with Crippen LogP contribution in [0, 0.1) is 0 Å². The van der Waals surface area contributed by atoms with Crippen LogP contribution in [-0.4, -0.2) is 23.8 Å². The molecular weight excluding hydrogens is 270 g/mol. The van der Waals surface area contributed by atoms with Gasteiger partial charge in [-0.25, -0.2) is 0 Å². The molecule has 1 aliphatic heterocycles. The van der Waals surface area contributed by atoms with E-state index in [0.29, 0.717) is 25.0 Å². The molecule has 1 unspecified atom stereocenters. The predicted molar refractivity (Wildman–Crippen MR) is 74.3 cm³/mol. The van der Waals surface area contributed by atoms with Crippen molar-refractivity contribution in [3.8, 4) is 11.5 Å². The van der Waals surface area contributed by atoms with Gasteiger partial charge in [-0.05, 0) is 32.0 Å². The predicted octanol–water partition coefficient (Wildman–Crippen LogP) is 2.18. The third-order valence-corrected chi connectivity index (χ3v) is 3.89. The number of benzene rings is 1. The van der Waals surface area contributed by atoms with Crippen LogP contribution in [0.3, 0.4) is 0 Å². The quantitative estimate of drug-likeness (QED) is 0.909. The minimum absolute atomic E-state index is 0.257. The number of hydrogen-bond acceptors (Lipinski definition) is 6. The molecule has 2 aliphatic rings. The summed E-state index contributed by atoms with van der Waals surface area (Å²) in [5, 5.41) is 7.16. The molecule has 0 amide bonds. The molecule has 1 saturated carbocycles. The summed E-state index contributed by atoms with van der Waals surface area (Å²) >= 11 is 0. The fourth-order valence-electron chi connectivity index (χ4n) is 2.49. The minimum Gasteiger partial charge on any atom is -0.491 e. The molecule has 0 bridgehead atoms. The van der Waals surface area contributed by atoms with Crippen molar-refractivity contribution in [3.05, 3.63) is 35.5 Å². The van der Waals surface area contributed by atoms with E-state index in [-0.39, 0.29) is 6.04 Å². The summed E-state index contributed by atoms with van der Waals surface area (Å²) in [6.07, 6.45) is 2.30. The van der Waals surface area contributed by atoms with Gasteiger partial charge in [-0.2, -0.15) is 4.98 Å². The van der Waals surface area contributed by atoms with Gasteiger partial charge in [0.25, 0.3) is 0 Å². The highest BCUT2D eigenvalue weighted by atomic mass is 16.5. The van der Waals surface area contributed by atoms with Crippen molar-refractivity contribution in [1.82, 2.24) is 15.5 Å². The van der Waals surface area contributed by atoms with Gasteiger partial charge in [0, 0.05) is 17.5 Å². The van der Waals surface area contributed by atoms with Gasteiger partial charge >= 0.3 is 0 Å². The van der Waals surface area contributed by atoms with Crippen LogP contribution in [0.25, 0.3) is 0 Å². The van der Waals surface area contributed by atoms with Crippen molar-refractivity contribution >= 4 is 0 Å². The van der Waals surface area contributed by atoms with Crippen LogP contribution in [0.2, 0.25) is 0 Å². The maximum absolute atomic E-state index is 5.71. The molecule has 4 rings (SSSR count). The maximum atomic E-state index is 5.71. The summed E-state index contributed by atoms with van der Waals surface area (Å²) < 4.78 is 16.6. The van der Waals surface area contributed by atoms with Crippen LogP contribution >= 0.6 is 0 Å². The molecule has 0 spiro atoms. The second-order valence-corrected chi connectivity index (χ2v) is 5.46. The summed E-state index contributed by atoms with van der Waals surface area (Å²) in [7, 11) is 1.93. The van der Waals surface area contributed by atoms with Crippen molar-refractivity contribution < 1.29 is 14.0 Å². The number of nitrogens with zero attached hydrogens (tertiary/aromatic N) is 2. The Hall–Kier alpha value is -2.08. The largest absolute Gasteiger partial charge is 0.491 e. The third kappa shape index (κ3) is 2.47. The van der Waals surface area contributed by atoms with E-state index in [1.165, 1.54) is 5.56 Å². The Labute approximate surface area is 122 Å². The smallest absolute Gasteiger partial charge is 0.229 e. The fourth-order valence-corrected chi connectivity index (χ4v) is 2.49. The average molecular weight is 287 g/mol. The van der Waals surface area contributed by atoms with Gasteiger partial charge in [0.05, 0.1) is 6.04 Å². The van der Waals surface area contributed by atoms with E-state index in [4.69, 9.17) is 14.0 Å². The van der Waals surface area contributed by atoms with Crippen LogP contribution in [0.5, 0.6) is 11.5 Å². The number of rotatable bonds is 5. The Kier molecular flexibility index (Phi) is 3.03. The second-order valence-electron chi connectivity index (χ2n) is 5.46. The number of aromatic nitrogens is 2. The van der Waals surface area contributed by atoms with E-state index < -0.39 is 0 Å². The lowest BCUT2D eigenvalue weighted by atomic mass is 10.1. The van der Waals surface area contributed by atoms with E-state index >= 15 is 0 Å². The van der Waals surface area contributed by atoms with Gasteiger partial charge in [0.1, 0.15) is 18.1 Å². The van der Waals surface area contributed by atoms with E-state index in [0.717, 1.165) is 30.2 Å². The van der Waals surface area contributed by atoms with Gasteiger partial charge in [0.15, 0.2) is 6.61 Å². The van der Waals surface area contributed by atoms with Gasteiger partial charge in [0.2, 0.25) is 11.7 Å². The number of hydrogen-bond donors (Lipinski definition) is 1. The van der Waals surface area contributed by atoms with Gasteiger partial charge in [-0.15, -0.1) is 0 Å². The Morgan fingerprint density at radius 3 is 3.10 bits per heavy atom. The summed E-state index contributed by atoms with van der Waals surface area (Å²) in [6.45, 7) is 0.968. The first-order chi connectivity index (χ1) is 10.3. The highest BCUT2D eigenvalue weighted by molar-refractivity contribution is 5.44. The molecule has 1 atom stereocenters. The molecule has 6 heteroatoms. The van der Waals surface area contributed by atoms with Crippen molar-refractivity contribution in [2.45, 2.75) is 31.4 Å². The number of likely N-dealkylation sites (N-methyl/N-ethyl adjacent to an activating group) is 1. The van der Waals surface area contributed by atoms with Crippen molar-refractivity contribution in [2.24, 2.45) is 0 Å². The highest BCUT2D eigenvalue weighted by Crippen LogP contribution is 2.39. The summed E-state index contributed by atoms with van der Waals surface area (Å²) in [4.78, 5) is 4.34. The van der Waals surface area contributed by atoms with Crippen LogP contribution in [0.1, 0.15) is 42.1 Å². The zero-order valence-electron chi connectivity index (χ0n) is 11.8. The molecule has 2 heterocycles. The van der Waals surface area contributed by atoms with E-state index in [2.05, 4.69) is 15.5 Å². The molecule has 1 aromatic heterocycles. The maximum Gasteiger partial charge on any atom is 0.229 e.